The number of piperidine rings is 1. The van der Waals surface area contributed by atoms with Gasteiger partial charge in [0.05, 0.1) is 0 Å². The van der Waals surface area contributed by atoms with Gasteiger partial charge in [0.15, 0.2) is 0 Å². The van der Waals surface area contributed by atoms with E-state index in [-0.39, 0.29) is 11.3 Å². The summed E-state index contributed by atoms with van der Waals surface area (Å²) >= 11 is 1.79. The molecule has 5 nitrogen and oxygen atoms in total. The van der Waals surface area contributed by atoms with Crippen molar-refractivity contribution in [2.45, 2.75) is 62.6 Å². The number of nitrogens with one attached hydrogen (secondary N) is 1. The minimum atomic E-state index is -5.08. The molecule has 0 radical (unpaired) electrons. The van der Waals surface area contributed by atoms with Crippen molar-refractivity contribution >= 4 is 23.2 Å². The van der Waals surface area contributed by atoms with E-state index in [1.807, 2.05) is 0 Å². The summed E-state index contributed by atoms with van der Waals surface area (Å²) in [7, 11) is 0. The Hall–Kier alpha value is -2.39. The smallest absolute Gasteiger partial charge is 0.475 e. The Morgan fingerprint density at radius 1 is 1.14 bits per heavy atom. The van der Waals surface area contributed by atoms with E-state index in [1.54, 1.807) is 11.3 Å². The fourth-order valence-electron chi connectivity index (χ4n) is 5.34. The molecule has 1 spiro atoms. The van der Waals surface area contributed by atoms with E-state index in [4.69, 9.17) is 9.90 Å². The maximum Gasteiger partial charge on any atom is 0.490 e. The Morgan fingerprint density at radius 3 is 2.43 bits per heavy atom. The molecular weight excluding hydrogens is 477 g/mol. The number of hydrogen-bond acceptors (Lipinski definition) is 4. The Bertz CT molecular complexity index is 1010. The van der Waals surface area contributed by atoms with Gasteiger partial charge >= 0.3 is 12.1 Å². The first kappa shape index (κ1) is 25.7. The zero-order chi connectivity index (χ0) is 25.1. The summed E-state index contributed by atoms with van der Waals surface area (Å²) in [6.45, 7) is 4.28. The number of carbonyl (C=O) groups excluding carboxylic acids is 1. The van der Waals surface area contributed by atoms with E-state index in [9.17, 15) is 18.0 Å². The topological polar surface area (TPSA) is 69.6 Å². The van der Waals surface area contributed by atoms with Crippen molar-refractivity contribution in [3.8, 4) is 0 Å². The summed E-state index contributed by atoms with van der Waals surface area (Å²) < 4.78 is 31.7. The van der Waals surface area contributed by atoms with Crippen LogP contribution in [-0.2, 0) is 21.5 Å². The van der Waals surface area contributed by atoms with Crippen molar-refractivity contribution in [3.63, 3.8) is 0 Å². The molecular formula is C26H31F3N2O3S. The van der Waals surface area contributed by atoms with Crippen LogP contribution in [0.5, 0.6) is 0 Å². The fourth-order valence-corrected chi connectivity index (χ4v) is 6.00. The van der Waals surface area contributed by atoms with Crippen molar-refractivity contribution in [3.05, 3.63) is 57.8 Å². The monoisotopic (exact) mass is 508 g/mol. The highest BCUT2D eigenvalue weighted by Gasteiger charge is 2.45. The lowest BCUT2D eigenvalue weighted by atomic mass is 9.73. The largest absolute Gasteiger partial charge is 0.490 e. The van der Waals surface area contributed by atoms with Gasteiger partial charge in [0.2, 0.25) is 5.91 Å². The first-order valence-electron chi connectivity index (χ1n) is 12.1. The molecule has 9 heteroatoms. The zero-order valence-electron chi connectivity index (χ0n) is 19.5. The molecule has 1 atom stereocenters. The standard InChI is InChI=1S/C24H30N2OS.C2HF3O2/c27-23(25-15-18-5-6-18)13-20-14-24(22-4-2-1-3-21(20)22)8-10-26(11-9-24)16-19-7-12-28-17-19;3-2(4,5)1(6)7/h1-4,7,12,17-18,20H,5-6,8-11,13-16H2,(H,25,27);(H,6,7). The van der Waals surface area contributed by atoms with Gasteiger partial charge in [-0.15, -0.1) is 0 Å². The van der Waals surface area contributed by atoms with Crippen LogP contribution < -0.4 is 5.32 Å². The molecule has 5 rings (SSSR count). The average Bonchev–Trinajstić information content (AvgIpc) is 3.43. The predicted molar refractivity (Wildman–Crippen MR) is 128 cm³/mol. The minimum absolute atomic E-state index is 0.249. The molecule has 1 aromatic heterocycles. The van der Waals surface area contributed by atoms with Gasteiger partial charge in [0.25, 0.3) is 0 Å². The molecule has 35 heavy (non-hydrogen) atoms. The second-order valence-electron chi connectivity index (χ2n) is 9.93. The van der Waals surface area contributed by atoms with Crippen molar-refractivity contribution in [1.82, 2.24) is 10.2 Å². The maximum atomic E-state index is 12.5. The van der Waals surface area contributed by atoms with Crippen LogP contribution in [0.1, 0.15) is 61.1 Å². The third-order valence-electron chi connectivity index (χ3n) is 7.37. The highest BCUT2D eigenvalue weighted by atomic mass is 32.1. The minimum Gasteiger partial charge on any atom is -0.475 e. The van der Waals surface area contributed by atoms with Crippen LogP contribution in [0.15, 0.2) is 41.1 Å². The molecule has 1 saturated heterocycles. The van der Waals surface area contributed by atoms with Gasteiger partial charge in [-0.2, -0.15) is 24.5 Å². The van der Waals surface area contributed by atoms with E-state index in [1.165, 1.54) is 42.4 Å². The zero-order valence-corrected chi connectivity index (χ0v) is 20.3. The number of alkyl halides is 3. The normalized spacial score (nSPS) is 21.2. The quantitative estimate of drug-likeness (QED) is 0.554. The number of carbonyl (C=O) groups is 2. The summed E-state index contributed by atoms with van der Waals surface area (Å²) in [6.07, 6.45) is 1.73. The summed E-state index contributed by atoms with van der Waals surface area (Å²) in [4.78, 5) is 24.0. The van der Waals surface area contributed by atoms with E-state index < -0.39 is 12.1 Å². The van der Waals surface area contributed by atoms with E-state index in [0.717, 1.165) is 38.5 Å². The third kappa shape index (κ3) is 6.64. The number of nitrogens with zero attached hydrogens (tertiary/aromatic N) is 1. The number of fused-ring (bicyclic) bond motifs is 2. The van der Waals surface area contributed by atoms with Crippen LogP contribution in [-0.4, -0.2) is 47.7 Å². The van der Waals surface area contributed by atoms with Gasteiger partial charge in [-0.3, -0.25) is 9.69 Å². The molecule has 2 fully saturated rings. The summed E-state index contributed by atoms with van der Waals surface area (Å²) in [5.74, 6) is -1.37. The van der Waals surface area contributed by atoms with Gasteiger partial charge < -0.3 is 10.4 Å². The molecule has 190 valence electrons. The molecule has 1 aliphatic heterocycles. The number of rotatable bonds is 6. The van der Waals surface area contributed by atoms with Gasteiger partial charge in [-0.25, -0.2) is 4.79 Å². The Labute approximate surface area is 207 Å². The molecule has 2 aromatic rings. The lowest BCUT2D eigenvalue weighted by Gasteiger charge is -2.40. The third-order valence-corrected chi connectivity index (χ3v) is 8.10. The molecule has 1 unspecified atom stereocenters. The number of halogens is 3. The Morgan fingerprint density at radius 2 is 1.83 bits per heavy atom. The van der Waals surface area contributed by atoms with Gasteiger partial charge in [-0.05, 0) is 96.0 Å². The van der Waals surface area contributed by atoms with Gasteiger partial charge in [-0.1, -0.05) is 24.3 Å². The van der Waals surface area contributed by atoms with Gasteiger partial charge in [0.1, 0.15) is 0 Å². The number of likely N-dealkylation sites (tertiary alicyclic amines) is 1. The average molecular weight is 509 g/mol. The molecule has 1 saturated carbocycles. The van der Waals surface area contributed by atoms with Crippen molar-refractivity contribution in [2.75, 3.05) is 19.6 Å². The summed E-state index contributed by atoms with van der Waals surface area (Å²) in [5.41, 5.74) is 4.70. The van der Waals surface area contributed by atoms with Crippen LogP contribution in [0.3, 0.4) is 0 Å². The maximum absolute atomic E-state index is 12.5. The van der Waals surface area contributed by atoms with E-state index >= 15 is 0 Å². The number of hydrogen-bond donors (Lipinski definition) is 2. The van der Waals surface area contributed by atoms with Crippen LogP contribution in [0.2, 0.25) is 0 Å². The fraction of sp³-hybridized carbons (Fsp3) is 0.538. The number of amides is 1. The predicted octanol–water partition coefficient (Wildman–Crippen LogP) is 5.32. The lowest BCUT2D eigenvalue weighted by molar-refractivity contribution is -0.192. The SMILES string of the molecule is O=C(CC1CC2(CCN(Cc3ccsc3)CC2)c2ccccc21)NCC1CC1.O=C(O)C(F)(F)F. The number of thiophene rings is 1. The number of benzene rings is 1. The molecule has 2 heterocycles. The molecule has 1 aromatic carbocycles. The summed E-state index contributed by atoms with van der Waals surface area (Å²) in [5, 5.41) is 14.7. The van der Waals surface area contributed by atoms with Crippen molar-refractivity contribution in [1.29, 1.82) is 0 Å². The summed E-state index contributed by atoms with van der Waals surface area (Å²) in [6, 6.07) is 11.2. The first-order chi connectivity index (χ1) is 16.7. The van der Waals surface area contributed by atoms with Crippen LogP contribution in [0, 0.1) is 5.92 Å². The molecule has 2 aliphatic carbocycles. The second-order valence-corrected chi connectivity index (χ2v) is 10.7. The number of carboxylic acid groups (broad SMARTS) is 1. The number of carboxylic acids is 1. The van der Waals surface area contributed by atoms with E-state index in [2.05, 4.69) is 51.3 Å². The van der Waals surface area contributed by atoms with Gasteiger partial charge in [0, 0.05) is 19.5 Å². The second kappa shape index (κ2) is 10.7. The van der Waals surface area contributed by atoms with Crippen LogP contribution in [0.25, 0.3) is 0 Å². The Kier molecular flexibility index (Phi) is 7.86. The molecule has 2 N–H and O–H groups in total. The molecule has 3 aliphatic rings. The van der Waals surface area contributed by atoms with Crippen LogP contribution in [0.4, 0.5) is 13.2 Å². The van der Waals surface area contributed by atoms with Crippen molar-refractivity contribution in [2.24, 2.45) is 5.92 Å². The van der Waals surface area contributed by atoms with Crippen LogP contribution >= 0.6 is 11.3 Å². The molecule has 1 amide bonds. The van der Waals surface area contributed by atoms with E-state index in [0.29, 0.717) is 12.3 Å². The number of aliphatic carboxylic acids is 1. The highest BCUT2D eigenvalue weighted by Crippen LogP contribution is 2.52. The lowest BCUT2D eigenvalue weighted by Crippen LogP contribution is -2.41. The first-order valence-corrected chi connectivity index (χ1v) is 13.0. The molecule has 0 bridgehead atoms. The highest BCUT2D eigenvalue weighted by molar-refractivity contribution is 7.07. The van der Waals surface area contributed by atoms with Crippen molar-refractivity contribution < 1.29 is 27.9 Å². The Balaban J connectivity index is 0.000000364.